The first-order chi connectivity index (χ1) is 11.6. The molecule has 3 rings (SSSR count). The van der Waals surface area contributed by atoms with Gasteiger partial charge in [-0.3, -0.25) is 18.8 Å². The first-order valence-electron chi connectivity index (χ1n) is 7.24. The highest BCUT2D eigenvalue weighted by Crippen LogP contribution is 2.04. The monoisotopic (exact) mass is 322 g/mol. The van der Waals surface area contributed by atoms with Gasteiger partial charge >= 0.3 is 0 Å². The fourth-order valence-corrected chi connectivity index (χ4v) is 2.16. The van der Waals surface area contributed by atoms with E-state index in [2.05, 4.69) is 15.6 Å². The van der Waals surface area contributed by atoms with Gasteiger partial charge in [-0.2, -0.15) is 0 Å². The molecule has 120 valence electrons. The highest BCUT2D eigenvalue weighted by molar-refractivity contribution is 5.99. The van der Waals surface area contributed by atoms with Gasteiger partial charge in [0, 0.05) is 18.1 Å². The maximum absolute atomic E-state index is 12.3. The normalized spacial score (nSPS) is 10.3. The van der Waals surface area contributed by atoms with E-state index in [1.807, 2.05) is 6.07 Å². The summed E-state index contributed by atoms with van der Waals surface area (Å²) < 4.78 is 1.28. The van der Waals surface area contributed by atoms with E-state index in [1.165, 1.54) is 16.8 Å². The third-order valence-electron chi connectivity index (χ3n) is 3.33. The fraction of sp³-hybridized carbons (Fsp3) is 0.0588. The Morgan fingerprint density at radius 2 is 1.79 bits per heavy atom. The number of benzene rings is 1. The van der Waals surface area contributed by atoms with Crippen LogP contribution in [0.3, 0.4) is 0 Å². The lowest BCUT2D eigenvalue weighted by Crippen LogP contribution is -2.36. The zero-order chi connectivity index (χ0) is 16.9. The summed E-state index contributed by atoms with van der Waals surface area (Å²) >= 11 is 0. The van der Waals surface area contributed by atoms with E-state index in [0.29, 0.717) is 11.3 Å². The van der Waals surface area contributed by atoms with E-state index < -0.39 is 11.5 Å². The first kappa shape index (κ1) is 15.4. The number of nitrogens with zero attached hydrogens (tertiary/aromatic N) is 2. The largest absolute Gasteiger partial charge is 0.343 e. The molecule has 2 amide bonds. The third kappa shape index (κ3) is 3.30. The lowest BCUT2D eigenvalue weighted by Gasteiger charge is -2.07. The van der Waals surface area contributed by atoms with Gasteiger partial charge in [0.2, 0.25) is 5.91 Å². The molecule has 2 N–H and O–H groups in total. The van der Waals surface area contributed by atoms with Crippen molar-refractivity contribution in [3.05, 3.63) is 76.8 Å². The predicted octanol–water partition coefficient (Wildman–Crippen LogP) is 1.06. The van der Waals surface area contributed by atoms with Gasteiger partial charge in [0.05, 0.1) is 6.54 Å². The van der Waals surface area contributed by atoms with Crippen molar-refractivity contribution in [3.63, 3.8) is 0 Å². The lowest BCUT2D eigenvalue weighted by molar-refractivity contribution is -0.115. The second-order valence-corrected chi connectivity index (χ2v) is 5.00. The van der Waals surface area contributed by atoms with Crippen LogP contribution >= 0.6 is 0 Å². The minimum absolute atomic E-state index is 0.119. The topological polar surface area (TPSA) is 92.6 Å². The molecular weight excluding hydrogens is 308 g/mol. The molecule has 0 saturated heterocycles. The molecule has 2 heterocycles. The Morgan fingerprint density at radius 1 is 1.04 bits per heavy atom. The molecule has 0 spiro atoms. The smallest absolute Gasteiger partial charge is 0.270 e. The number of carbonyl (C=O) groups excluding carboxylic acids is 2. The molecule has 7 heteroatoms. The van der Waals surface area contributed by atoms with E-state index in [-0.39, 0.29) is 18.0 Å². The van der Waals surface area contributed by atoms with Crippen LogP contribution in [-0.4, -0.2) is 27.7 Å². The number of pyridine rings is 1. The molecule has 0 aliphatic carbocycles. The van der Waals surface area contributed by atoms with Crippen LogP contribution in [0.25, 0.3) is 5.65 Å². The van der Waals surface area contributed by atoms with Crippen LogP contribution in [0.2, 0.25) is 0 Å². The zero-order valence-electron chi connectivity index (χ0n) is 12.6. The van der Waals surface area contributed by atoms with Crippen LogP contribution in [0.1, 0.15) is 10.4 Å². The number of amides is 2. The van der Waals surface area contributed by atoms with Gasteiger partial charge < -0.3 is 10.6 Å². The third-order valence-corrected chi connectivity index (χ3v) is 3.33. The SMILES string of the molecule is O=C(CNC(=O)c1cnc2ccccn2c1=O)Nc1ccccc1. The van der Waals surface area contributed by atoms with Crippen molar-refractivity contribution in [1.82, 2.24) is 14.7 Å². The Bertz CT molecular complexity index is 951. The number of nitrogens with one attached hydrogen (secondary N) is 2. The fourth-order valence-electron chi connectivity index (χ4n) is 2.16. The molecule has 7 nitrogen and oxygen atoms in total. The standard InChI is InChI=1S/C17H14N4O3/c22-15(20-12-6-2-1-3-7-12)11-19-16(23)13-10-18-14-8-4-5-9-21(14)17(13)24/h1-10H,11H2,(H,19,23)(H,20,22). The van der Waals surface area contributed by atoms with Crippen LogP contribution < -0.4 is 16.2 Å². The van der Waals surface area contributed by atoms with Crippen molar-refractivity contribution in [1.29, 1.82) is 0 Å². The average molecular weight is 322 g/mol. The summed E-state index contributed by atoms with van der Waals surface area (Å²) in [6.45, 7) is -0.245. The molecule has 0 bridgehead atoms. The average Bonchev–Trinajstić information content (AvgIpc) is 2.61. The van der Waals surface area contributed by atoms with Gasteiger partial charge in [-0.15, -0.1) is 0 Å². The van der Waals surface area contributed by atoms with Crippen LogP contribution in [0, 0.1) is 0 Å². The van der Waals surface area contributed by atoms with E-state index in [9.17, 15) is 14.4 Å². The lowest BCUT2D eigenvalue weighted by atomic mass is 10.3. The van der Waals surface area contributed by atoms with Crippen molar-refractivity contribution >= 4 is 23.1 Å². The molecule has 0 unspecified atom stereocenters. The van der Waals surface area contributed by atoms with Gasteiger partial charge in [0.1, 0.15) is 11.2 Å². The molecule has 0 fully saturated rings. The Hall–Kier alpha value is -3.48. The summed E-state index contributed by atoms with van der Waals surface area (Å²) in [5.41, 5.74) is 0.470. The first-order valence-corrected chi connectivity index (χ1v) is 7.24. The molecule has 0 aliphatic rings. The Balaban J connectivity index is 1.68. The van der Waals surface area contributed by atoms with Crippen LogP contribution in [0.4, 0.5) is 5.69 Å². The molecule has 2 aromatic heterocycles. The molecule has 24 heavy (non-hydrogen) atoms. The Kier molecular flexibility index (Phi) is 4.33. The van der Waals surface area contributed by atoms with Crippen molar-refractivity contribution in [2.75, 3.05) is 11.9 Å². The number of hydrogen-bond donors (Lipinski definition) is 2. The minimum atomic E-state index is -0.644. The van der Waals surface area contributed by atoms with E-state index >= 15 is 0 Å². The quantitative estimate of drug-likeness (QED) is 0.751. The van der Waals surface area contributed by atoms with Crippen molar-refractivity contribution in [2.24, 2.45) is 0 Å². The van der Waals surface area contributed by atoms with E-state index in [4.69, 9.17) is 0 Å². The van der Waals surface area contributed by atoms with Crippen molar-refractivity contribution in [3.8, 4) is 0 Å². The number of para-hydroxylation sites is 1. The highest BCUT2D eigenvalue weighted by atomic mass is 16.2. The number of fused-ring (bicyclic) bond motifs is 1. The number of carbonyl (C=O) groups is 2. The summed E-state index contributed by atoms with van der Waals surface area (Å²) in [6.07, 6.45) is 2.74. The summed E-state index contributed by atoms with van der Waals surface area (Å²) in [6, 6.07) is 14.0. The number of anilines is 1. The molecule has 0 radical (unpaired) electrons. The summed E-state index contributed by atoms with van der Waals surface area (Å²) in [5.74, 6) is -1.03. The summed E-state index contributed by atoms with van der Waals surface area (Å²) in [5, 5.41) is 5.06. The second-order valence-electron chi connectivity index (χ2n) is 5.00. The van der Waals surface area contributed by atoms with Gasteiger partial charge in [-0.25, -0.2) is 4.98 Å². The number of rotatable bonds is 4. The number of hydrogen-bond acceptors (Lipinski definition) is 4. The molecule has 0 aliphatic heterocycles. The van der Waals surface area contributed by atoms with E-state index in [0.717, 1.165) is 0 Å². The summed E-state index contributed by atoms with van der Waals surface area (Å²) in [4.78, 5) is 40.3. The van der Waals surface area contributed by atoms with Gasteiger partial charge in [-0.1, -0.05) is 24.3 Å². The van der Waals surface area contributed by atoms with E-state index in [1.54, 1.807) is 42.5 Å². The molecule has 0 atom stereocenters. The van der Waals surface area contributed by atoms with Crippen molar-refractivity contribution < 1.29 is 9.59 Å². The molecule has 0 saturated carbocycles. The van der Waals surface area contributed by atoms with Gasteiger partial charge in [0.15, 0.2) is 0 Å². The molecule has 1 aromatic carbocycles. The van der Waals surface area contributed by atoms with Crippen molar-refractivity contribution in [2.45, 2.75) is 0 Å². The Labute approximate surface area is 137 Å². The maximum atomic E-state index is 12.3. The maximum Gasteiger partial charge on any atom is 0.270 e. The van der Waals surface area contributed by atoms with Gasteiger partial charge in [0.25, 0.3) is 11.5 Å². The number of aromatic nitrogens is 2. The second kappa shape index (κ2) is 6.74. The van der Waals surface area contributed by atoms with Crippen LogP contribution in [-0.2, 0) is 4.79 Å². The zero-order valence-corrected chi connectivity index (χ0v) is 12.6. The highest BCUT2D eigenvalue weighted by Gasteiger charge is 2.14. The van der Waals surface area contributed by atoms with Crippen LogP contribution in [0.15, 0.2) is 65.7 Å². The Morgan fingerprint density at radius 3 is 2.58 bits per heavy atom. The molecular formula is C17H14N4O3. The minimum Gasteiger partial charge on any atom is -0.343 e. The van der Waals surface area contributed by atoms with Gasteiger partial charge in [-0.05, 0) is 24.3 Å². The molecule has 3 aromatic rings. The predicted molar refractivity (Wildman–Crippen MR) is 88.9 cm³/mol. The summed E-state index contributed by atoms with van der Waals surface area (Å²) in [7, 11) is 0. The van der Waals surface area contributed by atoms with Crippen LogP contribution in [0.5, 0.6) is 0 Å².